The molecule has 0 atom stereocenters. The molecule has 0 radical (unpaired) electrons. The van der Waals surface area contributed by atoms with E-state index < -0.39 is 11.9 Å². The van der Waals surface area contributed by atoms with Gasteiger partial charge >= 0.3 is 5.97 Å². The van der Waals surface area contributed by atoms with Crippen LogP contribution in [0.15, 0.2) is 65.4 Å². The largest absolute Gasteiger partial charge is 0.465 e. The summed E-state index contributed by atoms with van der Waals surface area (Å²) in [5, 5.41) is 7.66. The number of methoxy groups -OCH3 is 1. The van der Waals surface area contributed by atoms with Gasteiger partial charge in [-0.1, -0.05) is 41.6 Å². The van der Waals surface area contributed by atoms with Crippen LogP contribution >= 0.6 is 38.9 Å². The quantitative estimate of drug-likeness (QED) is 0.284. The van der Waals surface area contributed by atoms with Gasteiger partial charge < -0.3 is 10.1 Å². The van der Waals surface area contributed by atoms with E-state index in [-0.39, 0.29) is 11.3 Å². The second-order valence-electron chi connectivity index (χ2n) is 6.49. The average molecular weight is 542 g/mol. The van der Waals surface area contributed by atoms with Crippen molar-refractivity contribution in [2.75, 3.05) is 12.4 Å². The second kappa shape index (κ2) is 10.0. The van der Waals surface area contributed by atoms with Gasteiger partial charge in [0.25, 0.3) is 5.91 Å². The number of benzene rings is 1. The molecule has 4 rings (SSSR count). The minimum atomic E-state index is -0.586. The Labute approximate surface area is 206 Å². The van der Waals surface area contributed by atoms with Crippen molar-refractivity contribution in [3.05, 3.63) is 92.1 Å². The Hall–Kier alpha value is -3.45. The summed E-state index contributed by atoms with van der Waals surface area (Å²) < 4.78 is 6.61. The van der Waals surface area contributed by atoms with E-state index in [2.05, 4.69) is 43.2 Å². The summed E-state index contributed by atoms with van der Waals surface area (Å²) in [6, 6.07) is 15.9. The van der Waals surface area contributed by atoms with E-state index in [1.165, 1.54) is 29.2 Å². The minimum absolute atomic E-state index is 0.170. The number of amides is 1. The van der Waals surface area contributed by atoms with Gasteiger partial charge in [0.15, 0.2) is 5.82 Å². The number of anilines is 1. The van der Waals surface area contributed by atoms with Gasteiger partial charge in [-0.25, -0.2) is 14.5 Å². The first-order valence-electron chi connectivity index (χ1n) is 9.43. The van der Waals surface area contributed by atoms with Crippen molar-refractivity contribution in [2.24, 2.45) is 0 Å². The van der Waals surface area contributed by atoms with Crippen LogP contribution in [-0.4, -0.2) is 33.8 Å². The molecule has 33 heavy (non-hydrogen) atoms. The van der Waals surface area contributed by atoms with Crippen molar-refractivity contribution in [3.63, 3.8) is 0 Å². The molecule has 0 saturated heterocycles. The van der Waals surface area contributed by atoms with Gasteiger partial charge in [-0.05, 0) is 46.3 Å². The number of hydrogen-bond donors (Lipinski definition) is 1. The lowest BCUT2D eigenvalue weighted by atomic mass is 10.2. The lowest BCUT2D eigenvalue weighted by molar-refractivity contribution is 0.0602. The third-order valence-corrected chi connectivity index (χ3v) is 5.97. The predicted octanol–water partition coefficient (Wildman–Crippen LogP) is 5.18. The molecule has 3 heterocycles. The van der Waals surface area contributed by atoms with Crippen LogP contribution in [0.25, 0.3) is 5.82 Å². The zero-order valence-electron chi connectivity index (χ0n) is 17.0. The number of aromatic nitrogens is 3. The number of rotatable bonds is 4. The van der Waals surface area contributed by atoms with Crippen molar-refractivity contribution in [1.82, 2.24) is 14.8 Å². The summed E-state index contributed by atoms with van der Waals surface area (Å²) in [5.41, 5.74) is 1.20. The SMILES string of the molecule is COC(=O)c1cc(C#Cc2ccccc2)sc1NC(=O)c1cc(Br)nn1-c1ncccc1Cl. The number of esters is 1. The van der Waals surface area contributed by atoms with E-state index in [1.54, 1.807) is 24.4 Å². The summed E-state index contributed by atoms with van der Waals surface area (Å²) in [6.45, 7) is 0. The van der Waals surface area contributed by atoms with E-state index in [4.69, 9.17) is 16.3 Å². The fourth-order valence-electron chi connectivity index (χ4n) is 2.84. The Kier molecular flexibility index (Phi) is 6.89. The van der Waals surface area contributed by atoms with E-state index in [1.807, 2.05) is 30.3 Å². The van der Waals surface area contributed by atoms with Crippen LogP contribution in [0.4, 0.5) is 5.00 Å². The first kappa shape index (κ1) is 22.7. The predicted molar refractivity (Wildman–Crippen MR) is 130 cm³/mol. The molecule has 0 aliphatic carbocycles. The number of thiophene rings is 1. The highest BCUT2D eigenvalue weighted by atomic mass is 79.9. The van der Waals surface area contributed by atoms with Crippen molar-refractivity contribution in [2.45, 2.75) is 0 Å². The molecule has 0 unspecified atom stereocenters. The lowest BCUT2D eigenvalue weighted by Crippen LogP contribution is -2.18. The highest BCUT2D eigenvalue weighted by Gasteiger charge is 2.23. The molecule has 0 spiro atoms. The third kappa shape index (κ3) is 5.14. The van der Waals surface area contributed by atoms with Crippen molar-refractivity contribution in [3.8, 4) is 17.7 Å². The summed E-state index contributed by atoms with van der Waals surface area (Å²) in [6.07, 6.45) is 1.55. The van der Waals surface area contributed by atoms with Crippen LogP contribution < -0.4 is 5.32 Å². The molecule has 4 aromatic rings. The maximum Gasteiger partial charge on any atom is 0.340 e. The summed E-state index contributed by atoms with van der Waals surface area (Å²) >= 11 is 10.7. The Morgan fingerprint density at radius 1 is 1.15 bits per heavy atom. The van der Waals surface area contributed by atoms with Crippen LogP contribution in [0.5, 0.6) is 0 Å². The minimum Gasteiger partial charge on any atom is -0.465 e. The lowest BCUT2D eigenvalue weighted by Gasteiger charge is -2.08. The van der Waals surface area contributed by atoms with Crippen LogP contribution in [0.1, 0.15) is 31.3 Å². The molecule has 3 aromatic heterocycles. The standard InChI is InChI=1S/C23H14BrClN4O3S/c1-32-23(31)16-12-15(10-9-14-6-3-2-4-7-14)33-22(16)27-21(30)18-13-19(24)28-29(18)20-17(25)8-5-11-26-20/h2-8,11-13H,1H3,(H,27,30). The monoisotopic (exact) mass is 540 g/mol. The number of nitrogens with one attached hydrogen (secondary N) is 1. The zero-order valence-corrected chi connectivity index (χ0v) is 20.2. The fraction of sp³-hybridized carbons (Fsp3) is 0.0435. The Bertz CT molecular complexity index is 1410. The molecule has 1 amide bonds. The van der Waals surface area contributed by atoms with E-state index >= 15 is 0 Å². The molecule has 0 aliphatic heterocycles. The number of pyridine rings is 1. The first-order valence-corrected chi connectivity index (χ1v) is 11.4. The summed E-state index contributed by atoms with van der Waals surface area (Å²) in [5.74, 6) is 5.25. The smallest absolute Gasteiger partial charge is 0.340 e. The number of nitrogens with zero attached hydrogens (tertiary/aromatic N) is 3. The Morgan fingerprint density at radius 2 is 1.94 bits per heavy atom. The average Bonchev–Trinajstić information content (AvgIpc) is 3.41. The van der Waals surface area contributed by atoms with Crippen LogP contribution in [-0.2, 0) is 4.74 Å². The second-order valence-corrected chi connectivity index (χ2v) is 8.76. The van der Waals surface area contributed by atoms with E-state index in [9.17, 15) is 9.59 Å². The summed E-state index contributed by atoms with van der Waals surface area (Å²) in [4.78, 5) is 30.2. The maximum atomic E-state index is 13.1. The highest BCUT2D eigenvalue weighted by Crippen LogP contribution is 2.30. The van der Waals surface area contributed by atoms with E-state index in [0.717, 1.165) is 5.56 Å². The van der Waals surface area contributed by atoms with Gasteiger partial charge in [0.2, 0.25) is 0 Å². The zero-order chi connectivity index (χ0) is 23.4. The number of carbonyl (C=O) groups is 2. The molecule has 0 saturated carbocycles. The Balaban J connectivity index is 1.68. The van der Waals surface area contributed by atoms with Crippen molar-refractivity contribution >= 4 is 55.7 Å². The van der Waals surface area contributed by atoms with Gasteiger partial charge in [-0.2, -0.15) is 5.10 Å². The van der Waals surface area contributed by atoms with E-state index in [0.29, 0.717) is 25.3 Å². The molecule has 164 valence electrons. The highest BCUT2D eigenvalue weighted by molar-refractivity contribution is 9.10. The molecule has 7 nitrogen and oxygen atoms in total. The van der Waals surface area contributed by atoms with Crippen molar-refractivity contribution < 1.29 is 14.3 Å². The molecular weight excluding hydrogens is 528 g/mol. The number of carbonyl (C=O) groups excluding carboxylic acids is 2. The fourth-order valence-corrected chi connectivity index (χ4v) is 4.31. The molecule has 0 fully saturated rings. The van der Waals surface area contributed by atoms with Crippen molar-refractivity contribution in [1.29, 1.82) is 0 Å². The molecule has 10 heteroatoms. The van der Waals surface area contributed by atoms with Gasteiger partial charge in [0, 0.05) is 17.8 Å². The van der Waals surface area contributed by atoms with Crippen LogP contribution in [0.2, 0.25) is 5.02 Å². The number of ether oxygens (including phenoxy) is 1. The van der Waals surface area contributed by atoms with Gasteiger partial charge in [0.05, 0.1) is 22.6 Å². The number of hydrogen-bond acceptors (Lipinski definition) is 6. The molecular formula is C23H14BrClN4O3S. The molecule has 1 N–H and O–H groups in total. The van der Waals surface area contributed by atoms with Crippen LogP contribution in [0.3, 0.4) is 0 Å². The molecule has 1 aromatic carbocycles. The normalized spacial score (nSPS) is 10.3. The van der Waals surface area contributed by atoms with Gasteiger partial charge in [0.1, 0.15) is 15.3 Å². The molecule has 0 aliphatic rings. The molecule has 0 bridgehead atoms. The maximum absolute atomic E-state index is 13.1. The van der Waals surface area contributed by atoms with Gasteiger partial charge in [-0.15, -0.1) is 11.3 Å². The van der Waals surface area contributed by atoms with Gasteiger partial charge in [-0.3, -0.25) is 4.79 Å². The topological polar surface area (TPSA) is 86.1 Å². The first-order chi connectivity index (χ1) is 16.0. The Morgan fingerprint density at radius 3 is 2.67 bits per heavy atom. The third-order valence-electron chi connectivity index (χ3n) is 4.32. The summed E-state index contributed by atoms with van der Waals surface area (Å²) in [7, 11) is 1.27. The number of halogens is 2. The van der Waals surface area contributed by atoms with Crippen LogP contribution in [0, 0.1) is 11.8 Å².